The van der Waals surface area contributed by atoms with Crippen molar-refractivity contribution in [2.75, 3.05) is 0 Å². The lowest BCUT2D eigenvalue weighted by atomic mass is 10.4. The number of aromatic amines is 1. The first kappa shape index (κ1) is 15.5. The predicted octanol–water partition coefficient (Wildman–Crippen LogP) is 2.89. The molecule has 0 atom stereocenters. The maximum Gasteiger partial charge on any atom is 0.125 e. The molecule has 0 aliphatic rings. The first-order valence-corrected chi connectivity index (χ1v) is 6.26. The van der Waals surface area contributed by atoms with Crippen LogP contribution < -0.4 is 0 Å². The molecule has 1 N–H and O–H groups in total. The van der Waals surface area contributed by atoms with Crippen LogP contribution in [0.3, 0.4) is 0 Å². The fraction of sp³-hybridized carbons (Fsp3) is 0.200. The van der Waals surface area contributed by atoms with Gasteiger partial charge in [-0.15, -0.1) is 0 Å². The molecule has 3 rings (SSSR count). The first-order chi connectivity index (χ1) is 9.68. The second-order valence-electron chi connectivity index (χ2n) is 4.01. The van der Waals surface area contributed by atoms with Crippen LogP contribution >= 0.6 is 0 Å². The standard InChI is InChI=1S/2C5H6N2.C5H7N/c1-5-6-3-2-4-7-5;1-5-3-2-4-6-7-5;1-5-3-2-4-6-5/h2*2-4H,1H3;2-4,6H,1H3. The zero-order chi connectivity index (χ0) is 14.6. The van der Waals surface area contributed by atoms with Gasteiger partial charge in [0.15, 0.2) is 0 Å². The molecule has 0 spiro atoms. The molecule has 3 heterocycles. The van der Waals surface area contributed by atoms with Gasteiger partial charge in [-0.25, -0.2) is 9.97 Å². The highest BCUT2D eigenvalue weighted by atomic mass is 15.1. The van der Waals surface area contributed by atoms with E-state index in [1.807, 2.05) is 51.2 Å². The van der Waals surface area contributed by atoms with Gasteiger partial charge in [0.2, 0.25) is 0 Å². The van der Waals surface area contributed by atoms with E-state index in [1.54, 1.807) is 24.7 Å². The summed E-state index contributed by atoms with van der Waals surface area (Å²) in [6.45, 7) is 5.80. The highest BCUT2D eigenvalue weighted by molar-refractivity contribution is 4.99. The van der Waals surface area contributed by atoms with Crippen LogP contribution in [0.25, 0.3) is 0 Å². The zero-order valence-electron chi connectivity index (χ0n) is 12.0. The summed E-state index contributed by atoms with van der Waals surface area (Å²) in [4.78, 5) is 10.7. The third-order valence-electron chi connectivity index (χ3n) is 2.15. The number of nitrogens with zero attached hydrogens (tertiary/aromatic N) is 4. The van der Waals surface area contributed by atoms with Crippen molar-refractivity contribution in [3.8, 4) is 0 Å². The van der Waals surface area contributed by atoms with Crippen molar-refractivity contribution in [3.05, 3.63) is 72.3 Å². The molecule has 0 aliphatic heterocycles. The van der Waals surface area contributed by atoms with Crippen LogP contribution in [0.5, 0.6) is 0 Å². The Morgan fingerprint density at radius 2 is 1.60 bits per heavy atom. The SMILES string of the molecule is Cc1ccc[nH]1.Cc1cccnn1.Cc1ncccn1. The lowest BCUT2D eigenvalue weighted by Gasteiger charge is -1.81. The van der Waals surface area contributed by atoms with E-state index in [2.05, 4.69) is 25.1 Å². The van der Waals surface area contributed by atoms with Crippen LogP contribution in [0.1, 0.15) is 17.2 Å². The van der Waals surface area contributed by atoms with Crippen LogP contribution in [0, 0.1) is 20.8 Å². The number of rotatable bonds is 0. The highest BCUT2D eigenvalue weighted by Crippen LogP contribution is 1.86. The monoisotopic (exact) mass is 269 g/mol. The van der Waals surface area contributed by atoms with Gasteiger partial charge in [0, 0.05) is 30.5 Å². The van der Waals surface area contributed by atoms with Crippen molar-refractivity contribution in [1.82, 2.24) is 25.1 Å². The molecule has 5 nitrogen and oxygen atoms in total. The number of hydrogen-bond donors (Lipinski definition) is 1. The minimum Gasteiger partial charge on any atom is -0.365 e. The van der Waals surface area contributed by atoms with Crippen molar-refractivity contribution in [1.29, 1.82) is 0 Å². The molecular formula is C15H19N5. The van der Waals surface area contributed by atoms with E-state index in [-0.39, 0.29) is 0 Å². The van der Waals surface area contributed by atoms with Crippen molar-refractivity contribution in [2.45, 2.75) is 20.8 Å². The summed E-state index contributed by atoms with van der Waals surface area (Å²) in [7, 11) is 0. The van der Waals surface area contributed by atoms with E-state index in [1.165, 1.54) is 5.69 Å². The summed E-state index contributed by atoms with van der Waals surface area (Å²) >= 11 is 0. The molecule has 3 aromatic rings. The Labute approximate surface area is 119 Å². The number of aryl methyl sites for hydroxylation is 3. The molecule has 3 aromatic heterocycles. The summed E-state index contributed by atoms with van der Waals surface area (Å²) in [6.07, 6.45) is 7.02. The van der Waals surface area contributed by atoms with Gasteiger partial charge in [-0.2, -0.15) is 10.2 Å². The number of nitrogens with one attached hydrogen (secondary N) is 1. The Morgan fingerprint density at radius 3 is 1.85 bits per heavy atom. The Bertz CT molecular complexity index is 512. The Balaban J connectivity index is 0.000000151. The molecule has 0 amide bonds. The molecular weight excluding hydrogens is 250 g/mol. The van der Waals surface area contributed by atoms with Gasteiger partial charge in [-0.3, -0.25) is 0 Å². The van der Waals surface area contributed by atoms with Crippen LogP contribution in [0.2, 0.25) is 0 Å². The van der Waals surface area contributed by atoms with Gasteiger partial charge >= 0.3 is 0 Å². The second kappa shape index (κ2) is 9.38. The van der Waals surface area contributed by atoms with Gasteiger partial charge in [-0.05, 0) is 51.1 Å². The van der Waals surface area contributed by atoms with E-state index >= 15 is 0 Å². The van der Waals surface area contributed by atoms with Gasteiger partial charge < -0.3 is 4.98 Å². The van der Waals surface area contributed by atoms with Gasteiger partial charge in [0.05, 0.1) is 5.69 Å². The smallest absolute Gasteiger partial charge is 0.125 e. The topological polar surface area (TPSA) is 67.3 Å². The van der Waals surface area contributed by atoms with Gasteiger partial charge in [0.1, 0.15) is 5.82 Å². The molecule has 0 fully saturated rings. The Morgan fingerprint density at radius 1 is 0.850 bits per heavy atom. The average molecular weight is 269 g/mol. The van der Waals surface area contributed by atoms with E-state index in [0.29, 0.717) is 0 Å². The minimum atomic E-state index is 0.822. The summed E-state index contributed by atoms with van der Waals surface area (Å²) in [6, 6.07) is 9.58. The van der Waals surface area contributed by atoms with Crippen LogP contribution in [0.15, 0.2) is 55.1 Å². The van der Waals surface area contributed by atoms with Crippen LogP contribution in [0.4, 0.5) is 0 Å². The average Bonchev–Trinajstić information content (AvgIpc) is 2.93. The molecule has 104 valence electrons. The van der Waals surface area contributed by atoms with Crippen molar-refractivity contribution in [3.63, 3.8) is 0 Å². The maximum atomic E-state index is 3.87. The Hall–Kier alpha value is -2.56. The molecule has 0 radical (unpaired) electrons. The lowest BCUT2D eigenvalue weighted by Crippen LogP contribution is -1.80. The van der Waals surface area contributed by atoms with Crippen LogP contribution in [-0.2, 0) is 0 Å². The van der Waals surface area contributed by atoms with Gasteiger partial charge in [-0.1, -0.05) is 0 Å². The van der Waals surface area contributed by atoms with Crippen molar-refractivity contribution in [2.24, 2.45) is 0 Å². The molecule has 20 heavy (non-hydrogen) atoms. The maximum absolute atomic E-state index is 3.87. The molecule has 0 saturated carbocycles. The third-order valence-corrected chi connectivity index (χ3v) is 2.15. The summed E-state index contributed by atoms with van der Waals surface area (Å²) < 4.78 is 0. The van der Waals surface area contributed by atoms with E-state index in [0.717, 1.165) is 11.5 Å². The zero-order valence-corrected chi connectivity index (χ0v) is 12.0. The highest BCUT2D eigenvalue weighted by Gasteiger charge is 1.75. The van der Waals surface area contributed by atoms with E-state index < -0.39 is 0 Å². The molecule has 0 unspecified atom stereocenters. The summed E-state index contributed by atoms with van der Waals surface area (Å²) in [5, 5.41) is 7.36. The quantitative estimate of drug-likeness (QED) is 0.681. The molecule has 0 bridgehead atoms. The van der Waals surface area contributed by atoms with Crippen molar-refractivity contribution < 1.29 is 0 Å². The summed E-state index contributed by atoms with van der Waals surface area (Å²) in [5.41, 5.74) is 2.18. The third kappa shape index (κ3) is 7.71. The minimum absolute atomic E-state index is 0.822. The number of H-pyrrole nitrogens is 1. The normalized spacial score (nSPS) is 8.75. The predicted molar refractivity (Wildman–Crippen MR) is 79.1 cm³/mol. The first-order valence-electron chi connectivity index (χ1n) is 6.26. The van der Waals surface area contributed by atoms with E-state index in [4.69, 9.17) is 0 Å². The van der Waals surface area contributed by atoms with E-state index in [9.17, 15) is 0 Å². The molecule has 0 saturated heterocycles. The van der Waals surface area contributed by atoms with Gasteiger partial charge in [0.25, 0.3) is 0 Å². The number of hydrogen-bond acceptors (Lipinski definition) is 4. The molecule has 0 aliphatic carbocycles. The fourth-order valence-corrected chi connectivity index (χ4v) is 1.17. The fourth-order valence-electron chi connectivity index (χ4n) is 1.17. The molecule has 0 aromatic carbocycles. The number of aromatic nitrogens is 5. The largest absolute Gasteiger partial charge is 0.365 e. The lowest BCUT2D eigenvalue weighted by molar-refractivity contribution is 0.980. The molecule has 5 heteroatoms. The summed E-state index contributed by atoms with van der Waals surface area (Å²) in [5.74, 6) is 0.822. The Kier molecular flexibility index (Phi) is 7.27. The second-order valence-corrected chi connectivity index (χ2v) is 4.01. The van der Waals surface area contributed by atoms with Crippen LogP contribution in [-0.4, -0.2) is 25.1 Å². The van der Waals surface area contributed by atoms with Crippen molar-refractivity contribution >= 4 is 0 Å².